The molecule has 0 saturated carbocycles. The molecule has 0 amide bonds. The van der Waals surface area contributed by atoms with E-state index >= 15 is 0 Å². The molecule has 0 fully saturated rings. The van der Waals surface area contributed by atoms with Crippen LogP contribution in [0.5, 0.6) is 0 Å². The van der Waals surface area contributed by atoms with E-state index in [9.17, 15) is 9.59 Å². The Morgan fingerprint density at radius 3 is 1.55 bits per heavy atom. The number of ether oxygens (including phenoxy) is 2. The maximum atomic E-state index is 12.4. The molecule has 1 aromatic carbocycles. The zero-order chi connectivity index (χ0) is 22.7. The normalized spacial score (nSPS) is 11.0. The van der Waals surface area contributed by atoms with Crippen molar-refractivity contribution in [2.75, 3.05) is 6.61 Å². The first kappa shape index (κ1) is 27.2. The third kappa shape index (κ3) is 13.2. The minimum atomic E-state index is -0.487. The van der Waals surface area contributed by atoms with Gasteiger partial charge in [-0.3, -0.25) is 0 Å². The van der Waals surface area contributed by atoms with Gasteiger partial charge in [-0.25, -0.2) is 9.59 Å². The average molecular weight is 433 g/mol. The molecular weight excluding hydrogens is 388 g/mol. The molecule has 0 saturated heterocycles. The summed E-state index contributed by atoms with van der Waals surface area (Å²) in [5.74, 6) is -0.940. The monoisotopic (exact) mass is 432 g/mol. The summed E-state index contributed by atoms with van der Waals surface area (Å²) in [7, 11) is 0. The first-order valence-electron chi connectivity index (χ1n) is 12.5. The van der Waals surface area contributed by atoms with Gasteiger partial charge in [0.05, 0.1) is 23.8 Å². The van der Waals surface area contributed by atoms with Crippen LogP contribution in [0.25, 0.3) is 0 Å². The molecule has 4 heteroatoms. The number of hydrogen-bond donors (Lipinski definition) is 0. The fourth-order valence-electron chi connectivity index (χ4n) is 3.66. The van der Waals surface area contributed by atoms with Crippen LogP contribution >= 0.6 is 0 Å². The highest BCUT2D eigenvalue weighted by atomic mass is 16.5. The van der Waals surface area contributed by atoms with Crippen LogP contribution in [0, 0.1) is 0 Å². The minimum absolute atomic E-state index is 0.230. The fraction of sp³-hybridized carbons (Fsp3) is 0.704. The van der Waals surface area contributed by atoms with Crippen LogP contribution in [0.2, 0.25) is 0 Å². The van der Waals surface area contributed by atoms with Gasteiger partial charge in [-0.15, -0.1) is 0 Å². The summed E-state index contributed by atoms with van der Waals surface area (Å²) < 4.78 is 10.6. The Morgan fingerprint density at radius 2 is 1.10 bits per heavy atom. The average Bonchev–Trinajstić information content (AvgIpc) is 2.75. The maximum absolute atomic E-state index is 12.4. The third-order valence-corrected chi connectivity index (χ3v) is 5.44. The predicted molar refractivity (Wildman–Crippen MR) is 128 cm³/mol. The largest absolute Gasteiger partial charge is 0.462 e. The summed E-state index contributed by atoms with van der Waals surface area (Å²) in [6.45, 7) is 6.23. The van der Waals surface area contributed by atoms with Gasteiger partial charge in [-0.05, 0) is 32.4 Å². The van der Waals surface area contributed by atoms with Crippen LogP contribution in [0.1, 0.15) is 131 Å². The van der Waals surface area contributed by atoms with Gasteiger partial charge in [0.2, 0.25) is 0 Å². The highest BCUT2D eigenvalue weighted by Crippen LogP contribution is 2.15. The van der Waals surface area contributed by atoms with Crippen molar-refractivity contribution in [1.29, 1.82) is 0 Å². The summed E-state index contributed by atoms with van der Waals surface area (Å²) >= 11 is 0. The van der Waals surface area contributed by atoms with Crippen LogP contribution in [0.4, 0.5) is 0 Å². The molecule has 176 valence electrons. The highest BCUT2D eigenvalue weighted by molar-refractivity contribution is 6.03. The van der Waals surface area contributed by atoms with Crippen molar-refractivity contribution in [3.63, 3.8) is 0 Å². The molecule has 1 aromatic rings. The number of hydrogen-bond acceptors (Lipinski definition) is 4. The molecular formula is C27H44O4. The van der Waals surface area contributed by atoms with E-state index in [4.69, 9.17) is 9.47 Å². The van der Waals surface area contributed by atoms with E-state index in [0.29, 0.717) is 6.61 Å². The maximum Gasteiger partial charge on any atom is 0.339 e. The molecule has 4 nitrogen and oxygen atoms in total. The van der Waals surface area contributed by atoms with Crippen LogP contribution in [0.15, 0.2) is 24.3 Å². The van der Waals surface area contributed by atoms with Crippen molar-refractivity contribution in [2.45, 2.75) is 117 Å². The number of unbranched alkanes of at least 4 members (excludes halogenated alkanes) is 13. The molecule has 31 heavy (non-hydrogen) atoms. The topological polar surface area (TPSA) is 52.6 Å². The van der Waals surface area contributed by atoms with E-state index in [0.717, 1.165) is 12.8 Å². The molecule has 0 spiro atoms. The van der Waals surface area contributed by atoms with E-state index in [1.54, 1.807) is 38.1 Å². The van der Waals surface area contributed by atoms with Gasteiger partial charge in [-0.2, -0.15) is 0 Å². The van der Waals surface area contributed by atoms with Gasteiger partial charge in [0.25, 0.3) is 0 Å². The summed E-state index contributed by atoms with van der Waals surface area (Å²) in [5.41, 5.74) is 0.542. The van der Waals surface area contributed by atoms with E-state index in [1.807, 2.05) is 0 Å². The lowest BCUT2D eigenvalue weighted by atomic mass is 10.0. The van der Waals surface area contributed by atoms with Crippen LogP contribution < -0.4 is 0 Å². The lowest BCUT2D eigenvalue weighted by Crippen LogP contribution is -2.17. The Bertz CT molecular complexity index is 609. The minimum Gasteiger partial charge on any atom is -0.462 e. The van der Waals surface area contributed by atoms with Crippen molar-refractivity contribution >= 4 is 11.9 Å². The van der Waals surface area contributed by atoms with Gasteiger partial charge in [0, 0.05) is 0 Å². The summed E-state index contributed by atoms with van der Waals surface area (Å²) in [6.07, 6.45) is 17.9. The van der Waals surface area contributed by atoms with E-state index < -0.39 is 11.9 Å². The lowest BCUT2D eigenvalue weighted by molar-refractivity contribution is 0.0360. The molecule has 0 heterocycles. The number of carbonyl (C=O) groups is 2. The Balaban J connectivity index is 2.06. The summed E-state index contributed by atoms with van der Waals surface area (Å²) in [5, 5.41) is 0. The Morgan fingerprint density at radius 1 is 0.677 bits per heavy atom. The molecule has 0 aromatic heterocycles. The molecule has 0 radical (unpaired) electrons. The molecule has 0 N–H and O–H groups in total. The lowest BCUT2D eigenvalue weighted by Gasteiger charge is -2.11. The number of esters is 2. The zero-order valence-electron chi connectivity index (χ0n) is 20.1. The SMILES string of the molecule is CCCCCCCCCCCCCCCCOC(=O)c1ccccc1C(=O)OC(C)C. The molecule has 1 rings (SSSR count). The number of rotatable bonds is 18. The number of carbonyl (C=O) groups excluding carboxylic acids is 2. The zero-order valence-corrected chi connectivity index (χ0v) is 20.1. The predicted octanol–water partition coefficient (Wildman–Crippen LogP) is 7.89. The highest BCUT2D eigenvalue weighted by Gasteiger charge is 2.19. The Kier molecular flexibility index (Phi) is 15.6. The smallest absolute Gasteiger partial charge is 0.339 e. The quantitative estimate of drug-likeness (QED) is 0.175. The van der Waals surface area contributed by atoms with E-state index in [1.165, 1.54) is 77.0 Å². The van der Waals surface area contributed by atoms with Gasteiger partial charge in [0.1, 0.15) is 0 Å². The molecule has 0 aliphatic heterocycles. The first-order valence-corrected chi connectivity index (χ1v) is 12.5. The van der Waals surface area contributed by atoms with E-state index in [-0.39, 0.29) is 17.2 Å². The Hall–Kier alpha value is -1.84. The van der Waals surface area contributed by atoms with Crippen molar-refractivity contribution < 1.29 is 19.1 Å². The van der Waals surface area contributed by atoms with Gasteiger partial charge < -0.3 is 9.47 Å². The van der Waals surface area contributed by atoms with Crippen LogP contribution in [0.3, 0.4) is 0 Å². The van der Waals surface area contributed by atoms with Crippen molar-refractivity contribution in [3.8, 4) is 0 Å². The molecule has 0 aliphatic carbocycles. The standard InChI is InChI=1S/C27H44O4/c1-4-5-6-7-8-9-10-11-12-13-14-15-16-19-22-30-26(28)24-20-17-18-21-25(24)27(29)31-23(2)3/h17-18,20-21,23H,4-16,19,22H2,1-3H3. The van der Waals surface area contributed by atoms with Gasteiger partial charge in [0.15, 0.2) is 0 Å². The van der Waals surface area contributed by atoms with Crippen LogP contribution in [-0.4, -0.2) is 24.6 Å². The fourth-order valence-corrected chi connectivity index (χ4v) is 3.66. The second-order valence-corrected chi connectivity index (χ2v) is 8.73. The molecule has 0 atom stereocenters. The molecule has 0 unspecified atom stereocenters. The second-order valence-electron chi connectivity index (χ2n) is 8.73. The number of benzene rings is 1. The first-order chi connectivity index (χ1) is 15.1. The molecule has 0 bridgehead atoms. The summed E-state index contributed by atoms with van der Waals surface area (Å²) in [4.78, 5) is 24.5. The van der Waals surface area contributed by atoms with Crippen molar-refractivity contribution in [3.05, 3.63) is 35.4 Å². The van der Waals surface area contributed by atoms with E-state index in [2.05, 4.69) is 6.92 Å². The van der Waals surface area contributed by atoms with Gasteiger partial charge in [-0.1, -0.05) is 103 Å². The van der Waals surface area contributed by atoms with Gasteiger partial charge >= 0.3 is 11.9 Å². The van der Waals surface area contributed by atoms with Crippen molar-refractivity contribution in [2.24, 2.45) is 0 Å². The molecule has 0 aliphatic rings. The Labute approximate surface area is 190 Å². The van der Waals surface area contributed by atoms with Crippen molar-refractivity contribution in [1.82, 2.24) is 0 Å². The van der Waals surface area contributed by atoms with Crippen LogP contribution in [-0.2, 0) is 9.47 Å². The third-order valence-electron chi connectivity index (χ3n) is 5.44. The second kappa shape index (κ2) is 17.8. The summed E-state index contributed by atoms with van der Waals surface area (Å²) in [6, 6.07) is 6.68.